The van der Waals surface area contributed by atoms with Crippen molar-refractivity contribution < 1.29 is 9.21 Å². The van der Waals surface area contributed by atoms with E-state index in [9.17, 15) is 4.79 Å². The van der Waals surface area contributed by atoms with Crippen LogP contribution < -0.4 is 5.32 Å². The summed E-state index contributed by atoms with van der Waals surface area (Å²) in [7, 11) is 0. The Morgan fingerprint density at radius 3 is 2.79 bits per heavy atom. The molecule has 0 aliphatic rings. The standard InChI is InChI=1S/C13H15N3O2S/c1-2-12-15-16-13(18-12)19-9-8-11(17)14-10-6-4-3-5-7-10/h3-7H,2,8-9H2,1H3,(H,14,17). The maximum atomic E-state index is 11.7. The first-order valence-corrected chi connectivity index (χ1v) is 7.06. The molecule has 0 radical (unpaired) electrons. The van der Waals surface area contributed by atoms with Crippen molar-refractivity contribution in [1.82, 2.24) is 10.2 Å². The van der Waals surface area contributed by atoms with Crippen molar-refractivity contribution in [1.29, 1.82) is 0 Å². The molecule has 1 N–H and O–H groups in total. The van der Waals surface area contributed by atoms with Crippen molar-refractivity contribution in [2.45, 2.75) is 25.0 Å². The highest BCUT2D eigenvalue weighted by Crippen LogP contribution is 2.17. The third-order valence-electron chi connectivity index (χ3n) is 2.36. The fourth-order valence-electron chi connectivity index (χ4n) is 1.42. The van der Waals surface area contributed by atoms with Crippen LogP contribution in [0.1, 0.15) is 19.2 Å². The summed E-state index contributed by atoms with van der Waals surface area (Å²) in [5.41, 5.74) is 0.809. The molecular weight excluding hydrogens is 262 g/mol. The first-order valence-electron chi connectivity index (χ1n) is 6.08. The van der Waals surface area contributed by atoms with Crippen LogP contribution in [0.25, 0.3) is 0 Å². The zero-order valence-corrected chi connectivity index (χ0v) is 11.4. The lowest BCUT2D eigenvalue weighted by molar-refractivity contribution is -0.115. The van der Waals surface area contributed by atoms with Crippen molar-refractivity contribution in [3.8, 4) is 0 Å². The van der Waals surface area contributed by atoms with Crippen molar-refractivity contribution in [3.05, 3.63) is 36.2 Å². The van der Waals surface area contributed by atoms with Crippen molar-refractivity contribution >= 4 is 23.4 Å². The van der Waals surface area contributed by atoms with Crippen LogP contribution in [-0.2, 0) is 11.2 Å². The van der Waals surface area contributed by atoms with Crippen LogP contribution in [0.15, 0.2) is 40.0 Å². The third-order valence-corrected chi connectivity index (χ3v) is 3.18. The molecule has 6 heteroatoms. The van der Waals surface area contributed by atoms with E-state index in [4.69, 9.17) is 4.42 Å². The topological polar surface area (TPSA) is 68.0 Å². The monoisotopic (exact) mass is 277 g/mol. The summed E-state index contributed by atoms with van der Waals surface area (Å²) in [4.78, 5) is 11.7. The average molecular weight is 277 g/mol. The Bertz CT molecular complexity index is 528. The van der Waals surface area contributed by atoms with Gasteiger partial charge in [0.15, 0.2) is 0 Å². The minimum absolute atomic E-state index is 0.0195. The van der Waals surface area contributed by atoms with Gasteiger partial charge in [-0.05, 0) is 12.1 Å². The molecule has 0 saturated heterocycles. The van der Waals surface area contributed by atoms with Gasteiger partial charge in [-0.25, -0.2) is 0 Å². The van der Waals surface area contributed by atoms with Crippen molar-refractivity contribution in [3.63, 3.8) is 0 Å². The normalized spacial score (nSPS) is 10.4. The second kappa shape index (κ2) is 6.94. The number of nitrogens with one attached hydrogen (secondary N) is 1. The number of carbonyl (C=O) groups is 1. The largest absolute Gasteiger partial charge is 0.416 e. The number of rotatable bonds is 6. The maximum absolute atomic E-state index is 11.7. The Balaban J connectivity index is 1.72. The molecule has 1 aromatic carbocycles. The van der Waals surface area contributed by atoms with Crippen molar-refractivity contribution in [2.24, 2.45) is 0 Å². The molecule has 0 fully saturated rings. The third kappa shape index (κ3) is 4.40. The van der Waals surface area contributed by atoms with E-state index in [1.165, 1.54) is 11.8 Å². The molecule has 5 nitrogen and oxygen atoms in total. The minimum atomic E-state index is -0.0195. The highest BCUT2D eigenvalue weighted by atomic mass is 32.2. The zero-order chi connectivity index (χ0) is 13.5. The smallest absolute Gasteiger partial charge is 0.276 e. The van der Waals surface area contributed by atoms with Crippen LogP contribution >= 0.6 is 11.8 Å². The quantitative estimate of drug-likeness (QED) is 0.822. The molecule has 0 aliphatic heterocycles. The summed E-state index contributed by atoms with van der Waals surface area (Å²) >= 11 is 1.39. The minimum Gasteiger partial charge on any atom is -0.416 e. The molecule has 1 heterocycles. The predicted octanol–water partition coefficient (Wildman–Crippen LogP) is 2.75. The van der Waals surface area contributed by atoms with E-state index in [2.05, 4.69) is 15.5 Å². The number of hydrogen-bond donors (Lipinski definition) is 1. The van der Waals surface area contributed by atoms with Gasteiger partial charge in [0.1, 0.15) is 0 Å². The predicted molar refractivity (Wildman–Crippen MR) is 74.1 cm³/mol. The van der Waals surface area contributed by atoms with Crippen LogP contribution in [0.4, 0.5) is 5.69 Å². The van der Waals surface area contributed by atoms with Crippen LogP contribution in [0, 0.1) is 0 Å². The number of anilines is 1. The average Bonchev–Trinajstić information content (AvgIpc) is 2.88. The lowest BCUT2D eigenvalue weighted by atomic mass is 10.3. The van der Waals surface area contributed by atoms with E-state index in [0.29, 0.717) is 23.3 Å². The zero-order valence-electron chi connectivity index (χ0n) is 10.6. The van der Waals surface area contributed by atoms with E-state index < -0.39 is 0 Å². The summed E-state index contributed by atoms with van der Waals surface area (Å²) in [6, 6.07) is 9.39. The van der Waals surface area contributed by atoms with Crippen LogP contribution in [0.3, 0.4) is 0 Å². The molecule has 2 rings (SSSR count). The number of para-hydroxylation sites is 1. The molecule has 1 aromatic heterocycles. The number of hydrogen-bond acceptors (Lipinski definition) is 5. The van der Waals surface area contributed by atoms with E-state index in [1.54, 1.807) is 0 Å². The number of thioether (sulfide) groups is 1. The van der Waals surface area contributed by atoms with Crippen LogP contribution in [0.2, 0.25) is 0 Å². The molecule has 0 unspecified atom stereocenters. The Morgan fingerprint density at radius 1 is 1.32 bits per heavy atom. The molecule has 100 valence electrons. The first kappa shape index (κ1) is 13.6. The van der Waals surface area contributed by atoms with Crippen LogP contribution in [-0.4, -0.2) is 21.9 Å². The van der Waals surface area contributed by atoms with E-state index in [-0.39, 0.29) is 5.91 Å². The summed E-state index contributed by atoms with van der Waals surface area (Å²) in [5.74, 6) is 1.22. The maximum Gasteiger partial charge on any atom is 0.276 e. The lowest BCUT2D eigenvalue weighted by Gasteiger charge is -2.03. The number of nitrogens with zero attached hydrogens (tertiary/aromatic N) is 2. The van der Waals surface area contributed by atoms with Gasteiger partial charge in [0, 0.05) is 24.3 Å². The summed E-state index contributed by atoms with van der Waals surface area (Å²) < 4.78 is 5.34. The molecule has 0 atom stereocenters. The molecular formula is C13H15N3O2S. The number of carbonyl (C=O) groups excluding carboxylic acids is 1. The number of benzene rings is 1. The molecule has 0 aliphatic carbocycles. The van der Waals surface area contributed by atoms with E-state index >= 15 is 0 Å². The molecule has 0 spiro atoms. The fraction of sp³-hybridized carbons (Fsp3) is 0.308. The highest BCUT2D eigenvalue weighted by Gasteiger charge is 2.07. The molecule has 1 amide bonds. The van der Waals surface area contributed by atoms with Gasteiger partial charge in [0.2, 0.25) is 11.8 Å². The Labute approximate surface area is 115 Å². The second-order valence-corrected chi connectivity index (χ2v) is 4.87. The molecule has 19 heavy (non-hydrogen) atoms. The fourth-order valence-corrected chi connectivity index (χ4v) is 2.13. The highest BCUT2D eigenvalue weighted by molar-refractivity contribution is 7.99. The van der Waals surface area contributed by atoms with Gasteiger partial charge < -0.3 is 9.73 Å². The Kier molecular flexibility index (Phi) is 4.97. The van der Waals surface area contributed by atoms with E-state index in [0.717, 1.165) is 12.1 Å². The van der Waals surface area contributed by atoms with Gasteiger partial charge in [-0.15, -0.1) is 10.2 Å². The number of aromatic nitrogens is 2. The van der Waals surface area contributed by atoms with E-state index in [1.807, 2.05) is 37.3 Å². The first-order chi connectivity index (χ1) is 9.28. The molecule has 0 bridgehead atoms. The second-order valence-electron chi connectivity index (χ2n) is 3.83. The SMILES string of the molecule is CCc1nnc(SCCC(=O)Nc2ccccc2)o1. The van der Waals surface area contributed by atoms with Gasteiger partial charge >= 0.3 is 0 Å². The van der Waals surface area contributed by atoms with Gasteiger partial charge in [0.05, 0.1) is 0 Å². The number of amides is 1. The number of aryl methyl sites for hydroxylation is 1. The summed E-state index contributed by atoms with van der Waals surface area (Å²) in [6.07, 6.45) is 1.13. The molecule has 2 aromatic rings. The summed E-state index contributed by atoms with van der Waals surface area (Å²) in [5, 5.41) is 11.1. The van der Waals surface area contributed by atoms with Gasteiger partial charge in [-0.1, -0.05) is 36.9 Å². The van der Waals surface area contributed by atoms with Crippen molar-refractivity contribution in [2.75, 3.05) is 11.1 Å². The summed E-state index contributed by atoms with van der Waals surface area (Å²) in [6.45, 7) is 1.95. The Hall–Kier alpha value is -1.82. The Morgan fingerprint density at radius 2 is 2.11 bits per heavy atom. The van der Waals surface area contributed by atoms with Crippen LogP contribution in [0.5, 0.6) is 0 Å². The van der Waals surface area contributed by atoms with Gasteiger partial charge in [-0.3, -0.25) is 4.79 Å². The lowest BCUT2D eigenvalue weighted by Crippen LogP contribution is -2.11. The van der Waals surface area contributed by atoms with Gasteiger partial charge in [-0.2, -0.15) is 0 Å². The molecule has 0 saturated carbocycles. The van der Waals surface area contributed by atoms with Gasteiger partial charge in [0.25, 0.3) is 5.22 Å².